The number of nitrogens with one attached hydrogen (secondary N) is 1. The van der Waals surface area contributed by atoms with Crippen molar-refractivity contribution >= 4 is 17.4 Å². The number of H-pyrrole nitrogens is 1. The third-order valence-corrected chi connectivity index (χ3v) is 2.13. The van der Waals surface area contributed by atoms with E-state index in [-0.39, 0.29) is 16.4 Å². The molecule has 0 bridgehead atoms. The second-order valence-electron chi connectivity index (χ2n) is 2.76. The van der Waals surface area contributed by atoms with E-state index in [1.54, 1.807) is 0 Å². The van der Waals surface area contributed by atoms with Crippen molar-refractivity contribution < 1.29 is 9.18 Å². The number of hydrogen-bond donors (Lipinski definition) is 1. The van der Waals surface area contributed by atoms with Crippen LogP contribution < -0.4 is 0 Å². The lowest BCUT2D eigenvalue weighted by Gasteiger charge is -2.01. The number of carbonyl (C=O) groups excluding carboxylic acids is 1. The summed E-state index contributed by atoms with van der Waals surface area (Å²) in [6.45, 7) is 0. The highest BCUT2D eigenvalue weighted by molar-refractivity contribution is 6.34. The molecule has 0 fully saturated rings. The summed E-state index contributed by atoms with van der Waals surface area (Å²) in [4.78, 5) is 15.3. The lowest BCUT2D eigenvalue weighted by molar-refractivity contribution is 0.102. The van der Waals surface area contributed by atoms with Crippen LogP contribution in [0.25, 0.3) is 0 Å². The molecule has 1 aromatic carbocycles. The number of benzene rings is 1. The maximum atomic E-state index is 13.3. The molecule has 0 spiro atoms. The van der Waals surface area contributed by atoms with E-state index < -0.39 is 11.6 Å². The van der Waals surface area contributed by atoms with E-state index in [0.29, 0.717) is 0 Å². The molecule has 0 radical (unpaired) electrons. The number of rotatable bonds is 2. The molecule has 76 valence electrons. The van der Waals surface area contributed by atoms with Crippen LogP contribution in [-0.4, -0.2) is 21.0 Å². The van der Waals surface area contributed by atoms with Gasteiger partial charge in [-0.25, -0.2) is 9.37 Å². The van der Waals surface area contributed by atoms with Crippen LogP contribution in [0.15, 0.2) is 24.5 Å². The fourth-order valence-corrected chi connectivity index (χ4v) is 1.40. The molecule has 0 unspecified atom stereocenters. The highest BCUT2D eigenvalue weighted by atomic mass is 35.5. The molecular formula is C9H5ClFN3O. The molecule has 15 heavy (non-hydrogen) atoms. The fourth-order valence-electron chi connectivity index (χ4n) is 1.15. The Hall–Kier alpha value is -1.75. The van der Waals surface area contributed by atoms with Gasteiger partial charge in [0.2, 0.25) is 5.78 Å². The Balaban J connectivity index is 2.51. The Morgan fingerprint density at radius 2 is 2.27 bits per heavy atom. The minimum Gasteiger partial charge on any atom is -0.285 e. The lowest BCUT2D eigenvalue weighted by Crippen LogP contribution is -2.07. The van der Waals surface area contributed by atoms with Gasteiger partial charge in [-0.3, -0.25) is 9.89 Å². The van der Waals surface area contributed by atoms with Gasteiger partial charge >= 0.3 is 0 Å². The Morgan fingerprint density at radius 1 is 1.47 bits per heavy atom. The van der Waals surface area contributed by atoms with Gasteiger partial charge in [0, 0.05) is 0 Å². The predicted octanol–water partition coefficient (Wildman–Crippen LogP) is 1.83. The van der Waals surface area contributed by atoms with Gasteiger partial charge in [-0.05, 0) is 12.1 Å². The summed E-state index contributed by atoms with van der Waals surface area (Å²) in [5.41, 5.74) is -0.198. The molecule has 6 heteroatoms. The number of nitrogens with zero attached hydrogens (tertiary/aromatic N) is 2. The van der Waals surface area contributed by atoms with E-state index in [4.69, 9.17) is 11.6 Å². The number of aromatic amines is 1. The van der Waals surface area contributed by atoms with Crippen molar-refractivity contribution in [3.05, 3.63) is 46.8 Å². The molecule has 1 N–H and O–H groups in total. The van der Waals surface area contributed by atoms with Gasteiger partial charge in [-0.15, -0.1) is 0 Å². The van der Waals surface area contributed by atoms with Gasteiger partial charge in [0.1, 0.15) is 12.1 Å². The summed E-state index contributed by atoms with van der Waals surface area (Å²) < 4.78 is 13.3. The number of carbonyl (C=O) groups is 1. The van der Waals surface area contributed by atoms with Crippen LogP contribution in [0, 0.1) is 5.82 Å². The zero-order chi connectivity index (χ0) is 10.8. The molecule has 1 heterocycles. The molecular weight excluding hydrogens is 221 g/mol. The molecule has 0 amide bonds. The summed E-state index contributed by atoms with van der Waals surface area (Å²) in [5.74, 6) is -1.33. The Kier molecular flexibility index (Phi) is 2.47. The fraction of sp³-hybridized carbons (Fsp3) is 0. The van der Waals surface area contributed by atoms with Crippen LogP contribution in [0.1, 0.15) is 16.2 Å². The molecule has 0 aliphatic carbocycles. The van der Waals surface area contributed by atoms with E-state index in [9.17, 15) is 9.18 Å². The molecule has 4 nitrogen and oxygen atoms in total. The molecule has 0 aliphatic heterocycles. The van der Waals surface area contributed by atoms with E-state index >= 15 is 0 Å². The molecule has 1 aromatic heterocycles. The largest absolute Gasteiger partial charge is 0.285 e. The average Bonchev–Trinajstić information content (AvgIpc) is 2.69. The highest BCUT2D eigenvalue weighted by Crippen LogP contribution is 2.20. The maximum absolute atomic E-state index is 13.3. The van der Waals surface area contributed by atoms with Gasteiger partial charge in [0.25, 0.3) is 0 Å². The quantitative estimate of drug-likeness (QED) is 0.794. The second kappa shape index (κ2) is 3.78. The molecule has 2 rings (SSSR count). The number of hydrogen-bond acceptors (Lipinski definition) is 3. The highest BCUT2D eigenvalue weighted by Gasteiger charge is 2.19. The van der Waals surface area contributed by atoms with Crippen LogP contribution in [0.4, 0.5) is 4.39 Å². The minimum atomic E-state index is -0.677. The van der Waals surface area contributed by atoms with Crippen LogP contribution in [0.3, 0.4) is 0 Å². The van der Waals surface area contributed by atoms with E-state index in [1.807, 2.05) is 0 Å². The summed E-state index contributed by atoms with van der Waals surface area (Å²) in [5, 5.41) is 5.91. The minimum absolute atomic E-state index is 0.0398. The van der Waals surface area contributed by atoms with Crippen molar-refractivity contribution in [1.82, 2.24) is 15.2 Å². The first kappa shape index (κ1) is 9.79. The predicted molar refractivity (Wildman–Crippen MR) is 51.2 cm³/mol. The van der Waals surface area contributed by atoms with Gasteiger partial charge in [-0.1, -0.05) is 17.7 Å². The van der Waals surface area contributed by atoms with Gasteiger partial charge in [0.15, 0.2) is 5.82 Å². The average molecular weight is 226 g/mol. The van der Waals surface area contributed by atoms with Crippen LogP contribution in [-0.2, 0) is 0 Å². The Labute approximate surface area is 89.1 Å². The number of ketones is 1. The number of aromatic nitrogens is 3. The van der Waals surface area contributed by atoms with Crippen molar-refractivity contribution in [2.75, 3.05) is 0 Å². The van der Waals surface area contributed by atoms with Gasteiger partial charge < -0.3 is 0 Å². The van der Waals surface area contributed by atoms with Crippen LogP contribution in [0.2, 0.25) is 5.02 Å². The zero-order valence-electron chi connectivity index (χ0n) is 7.37. The van der Waals surface area contributed by atoms with Crippen molar-refractivity contribution in [2.45, 2.75) is 0 Å². The zero-order valence-corrected chi connectivity index (χ0v) is 8.12. The molecule has 0 atom stereocenters. The summed E-state index contributed by atoms with van der Waals surface area (Å²) in [7, 11) is 0. The molecule has 2 aromatic rings. The topological polar surface area (TPSA) is 58.6 Å². The van der Waals surface area contributed by atoms with E-state index in [2.05, 4.69) is 15.2 Å². The smallest absolute Gasteiger partial charge is 0.234 e. The summed E-state index contributed by atoms with van der Waals surface area (Å²) in [6, 6.07) is 4.03. The summed E-state index contributed by atoms with van der Waals surface area (Å²) >= 11 is 5.72. The molecule has 0 saturated heterocycles. The third-order valence-electron chi connectivity index (χ3n) is 1.82. The maximum Gasteiger partial charge on any atom is 0.234 e. The summed E-state index contributed by atoms with van der Waals surface area (Å²) in [6.07, 6.45) is 1.17. The van der Waals surface area contributed by atoms with E-state index in [0.717, 1.165) is 6.07 Å². The van der Waals surface area contributed by atoms with Crippen molar-refractivity contribution in [2.24, 2.45) is 0 Å². The third kappa shape index (κ3) is 1.73. The molecule has 0 saturated carbocycles. The van der Waals surface area contributed by atoms with Crippen LogP contribution in [0.5, 0.6) is 0 Å². The normalized spacial score (nSPS) is 10.3. The van der Waals surface area contributed by atoms with Gasteiger partial charge in [0.05, 0.1) is 10.6 Å². The van der Waals surface area contributed by atoms with Crippen molar-refractivity contribution in [3.63, 3.8) is 0 Å². The standard InChI is InChI=1S/C9H5ClFN3O/c10-5-2-1-3-6(11)7(5)8(15)9-12-4-13-14-9/h1-4H,(H,12,13,14). The second-order valence-corrected chi connectivity index (χ2v) is 3.17. The monoisotopic (exact) mass is 225 g/mol. The van der Waals surface area contributed by atoms with Crippen molar-refractivity contribution in [1.29, 1.82) is 0 Å². The SMILES string of the molecule is O=C(c1ncn[nH]1)c1c(F)cccc1Cl. The molecule has 0 aliphatic rings. The lowest BCUT2D eigenvalue weighted by atomic mass is 10.1. The first-order valence-electron chi connectivity index (χ1n) is 4.04. The number of halogens is 2. The first-order valence-corrected chi connectivity index (χ1v) is 4.42. The van der Waals surface area contributed by atoms with E-state index in [1.165, 1.54) is 18.5 Å². The Morgan fingerprint density at radius 3 is 2.87 bits per heavy atom. The van der Waals surface area contributed by atoms with Crippen LogP contribution >= 0.6 is 11.6 Å². The Bertz CT molecular complexity index is 478. The van der Waals surface area contributed by atoms with Gasteiger partial charge in [-0.2, -0.15) is 5.10 Å². The first-order chi connectivity index (χ1) is 7.20. The van der Waals surface area contributed by atoms with Crippen molar-refractivity contribution in [3.8, 4) is 0 Å².